The Labute approximate surface area is 310 Å². The van der Waals surface area contributed by atoms with Crippen LogP contribution in [0.1, 0.15) is 54.4 Å². The van der Waals surface area contributed by atoms with Crippen LogP contribution in [0.2, 0.25) is 0 Å². The number of ether oxygens (including phenoxy) is 2. The Morgan fingerprint density at radius 2 is 1.47 bits per heavy atom. The average molecular weight is 777 g/mol. The molecule has 0 bridgehead atoms. The summed E-state index contributed by atoms with van der Waals surface area (Å²) < 4.78 is 42.0. The Kier molecular flexibility index (Phi) is 12.8. The number of rotatable bonds is 14. The van der Waals surface area contributed by atoms with Crippen LogP contribution in [0.5, 0.6) is 11.5 Å². The number of amides is 2. The zero-order chi connectivity index (χ0) is 36.5. The standard InChI is InChI=1S/C40H46BrN3O6S/c1-28-21-29(2)23-34(22-28)44(51(47,48)35-19-20-37(49-3)38(25-35)50-4)27-39(45)43(26-31-15-17-32(41)18-16-31)36(24-30-11-7-5-8-12-30)40(46)42-33-13-9-6-10-14-33/h5,7-8,11-12,15-23,25,33,36H,6,9-10,13-14,24,26-27H2,1-4H3,(H,42,46)/t36-/m0/s1. The van der Waals surface area contributed by atoms with E-state index < -0.39 is 28.5 Å². The van der Waals surface area contributed by atoms with Gasteiger partial charge in [0, 0.05) is 29.5 Å². The monoisotopic (exact) mass is 775 g/mol. The molecule has 1 atom stereocenters. The highest BCUT2D eigenvalue weighted by molar-refractivity contribution is 9.10. The number of carbonyl (C=O) groups excluding carboxylic acids is 2. The average Bonchev–Trinajstić information content (AvgIpc) is 3.12. The molecule has 1 aliphatic rings. The molecule has 1 aliphatic carbocycles. The van der Waals surface area contributed by atoms with E-state index in [-0.39, 0.29) is 35.6 Å². The molecular weight excluding hydrogens is 730 g/mol. The molecular formula is C40H46BrN3O6S. The number of hydrogen-bond acceptors (Lipinski definition) is 6. The summed E-state index contributed by atoms with van der Waals surface area (Å²) in [5, 5.41) is 3.25. The molecule has 1 saturated carbocycles. The minimum Gasteiger partial charge on any atom is -0.493 e. The fraction of sp³-hybridized carbons (Fsp3) is 0.350. The van der Waals surface area contributed by atoms with Crippen molar-refractivity contribution in [2.75, 3.05) is 25.1 Å². The van der Waals surface area contributed by atoms with Gasteiger partial charge in [-0.3, -0.25) is 13.9 Å². The summed E-state index contributed by atoms with van der Waals surface area (Å²) in [6.45, 7) is 3.31. The third-order valence-electron chi connectivity index (χ3n) is 9.21. The van der Waals surface area contributed by atoms with E-state index >= 15 is 0 Å². The largest absolute Gasteiger partial charge is 0.493 e. The number of benzene rings is 4. The SMILES string of the molecule is COc1ccc(S(=O)(=O)N(CC(=O)N(Cc2ccc(Br)cc2)[C@@H](Cc2ccccc2)C(=O)NC2CCCCC2)c2cc(C)cc(C)c2)cc1OC. The number of aryl methyl sites for hydroxylation is 2. The Morgan fingerprint density at radius 1 is 0.824 bits per heavy atom. The van der Waals surface area contributed by atoms with Gasteiger partial charge in [0.15, 0.2) is 11.5 Å². The Bertz CT molecular complexity index is 1890. The molecule has 0 aliphatic heterocycles. The molecule has 11 heteroatoms. The maximum Gasteiger partial charge on any atom is 0.264 e. The molecule has 0 aromatic heterocycles. The molecule has 0 radical (unpaired) electrons. The van der Waals surface area contributed by atoms with E-state index in [1.807, 2.05) is 74.5 Å². The number of nitrogens with zero attached hydrogens (tertiary/aromatic N) is 2. The lowest BCUT2D eigenvalue weighted by molar-refractivity contribution is -0.140. The van der Waals surface area contributed by atoms with E-state index in [4.69, 9.17) is 9.47 Å². The van der Waals surface area contributed by atoms with Crippen LogP contribution >= 0.6 is 15.9 Å². The summed E-state index contributed by atoms with van der Waals surface area (Å²) in [6, 6.07) is 26.1. The summed E-state index contributed by atoms with van der Waals surface area (Å²) in [7, 11) is -1.43. The number of methoxy groups -OCH3 is 2. The molecule has 0 heterocycles. The molecule has 2 amide bonds. The van der Waals surface area contributed by atoms with E-state index in [9.17, 15) is 18.0 Å². The van der Waals surface area contributed by atoms with Crippen molar-refractivity contribution in [1.29, 1.82) is 0 Å². The smallest absolute Gasteiger partial charge is 0.264 e. The van der Waals surface area contributed by atoms with Crippen molar-refractivity contribution < 1.29 is 27.5 Å². The van der Waals surface area contributed by atoms with E-state index in [1.165, 1.54) is 37.3 Å². The summed E-state index contributed by atoms with van der Waals surface area (Å²) in [4.78, 5) is 30.7. The summed E-state index contributed by atoms with van der Waals surface area (Å²) in [5.74, 6) is -0.152. The second-order valence-electron chi connectivity index (χ2n) is 13.1. The number of carbonyl (C=O) groups is 2. The molecule has 0 saturated heterocycles. The van der Waals surface area contributed by atoms with Crippen molar-refractivity contribution >= 4 is 43.5 Å². The van der Waals surface area contributed by atoms with Crippen molar-refractivity contribution in [2.45, 2.75) is 75.9 Å². The molecule has 1 N–H and O–H groups in total. The van der Waals surface area contributed by atoms with Crippen LogP contribution in [-0.2, 0) is 32.6 Å². The highest BCUT2D eigenvalue weighted by atomic mass is 79.9. The van der Waals surface area contributed by atoms with E-state index in [0.29, 0.717) is 11.4 Å². The third kappa shape index (κ3) is 9.71. The first-order valence-electron chi connectivity index (χ1n) is 17.2. The number of anilines is 1. The predicted octanol–water partition coefficient (Wildman–Crippen LogP) is 7.37. The highest BCUT2D eigenvalue weighted by Gasteiger charge is 2.36. The lowest BCUT2D eigenvalue weighted by Gasteiger charge is -2.35. The Morgan fingerprint density at radius 3 is 2.10 bits per heavy atom. The molecule has 270 valence electrons. The molecule has 9 nitrogen and oxygen atoms in total. The van der Waals surface area contributed by atoms with Crippen LogP contribution in [-0.4, -0.2) is 58.0 Å². The van der Waals surface area contributed by atoms with Crippen LogP contribution in [0.3, 0.4) is 0 Å². The van der Waals surface area contributed by atoms with Gasteiger partial charge >= 0.3 is 0 Å². The van der Waals surface area contributed by atoms with E-state index in [1.54, 1.807) is 12.1 Å². The molecule has 4 aromatic rings. The summed E-state index contributed by atoms with van der Waals surface area (Å²) in [6.07, 6.45) is 5.23. The Balaban J connectivity index is 1.60. The van der Waals surface area contributed by atoms with E-state index in [0.717, 1.165) is 63.1 Å². The van der Waals surface area contributed by atoms with Gasteiger partial charge in [0.05, 0.1) is 24.8 Å². The number of nitrogens with one attached hydrogen (secondary N) is 1. The maximum absolute atomic E-state index is 14.9. The van der Waals surface area contributed by atoms with Gasteiger partial charge in [0.25, 0.3) is 10.0 Å². The highest BCUT2D eigenvalue weighted by Crippen LogP contribution is 2.33. The first-order valence-corrected chi connectivity index (χ1v) is 19.4. The van der Waals surface area contributed by atoms with E-state index in [2.05, 4.69) is 21.2 Å². The molecule has 0 spiro atoms. The maximum atomic E-state index is 14.9. The van der Waals surface area contributed by atoms with Gasteiger partial charge < -0.3 is 19.7 Å². The fourth-order valence-corrected chi connectivity index (χ4v) is 8.29. The van der Waals surface area contributed by atoms with Gasteiger partial charge in [-0.05, 0) is 85.3 Å². The molecule has 51 heavy (non-hydrogen) atoms. The normalized spacial score (nSPS) is 14.0. The number of halogens is 1. The van der Waals surface area contributed by atoms with Gasteiger partial charge in [-0.2, -0.15) is 0 Å². The second kappa shape index (κ2) is 17.2. The minimum atomic E-state index is -4.34. The quantitative estimate of drug-likeness (QED) is 0.144. The first kappa shape index (κ1) is 37.9. The van der Waals surface area contributed by atoms with Crippen LogP contribution in [0.4, 0.5) is 5.69 Å². The fourth-order valence-electron chi connectivity index (χ4n) is 6.61. The van der Waals surface area contributed by atoms with Crippen molar-refractivity contribution in [1.82, 2.24) is 10.2 Å². The zero-order valence-corrected chi connectivity index (χ0v) is 32.0. The van der Waals surface area contributed by atoms with Crippen LogP contribution in [0.15, 0.2) is 100 Å². The van der Waals surface area contributed by atoms with Crippen molar-refractivity contribution in [3.05, 3.63) is 118 Å². The minimum absolute atomic E-state index is 0.0198. The van der Waals surface area contributed by atoms with Crippen LogP contribution in [0, 0.1) is 13.8 Å². The lowest BCUT2D eigenvalue weighted by atomic mass is 9.94. The van der Waals surface area contributed by atoms with Gasteiger partial charge in [-0.1, -0.05) is 83.7 Å². The zero-order valence-electron chi connectivity index (χ0n) is 29.6. The second-order valence-corrected chi connectivity index (χ2v) is 15.8. The lowest BCUT2D eigenvalue weighted by Crippen LogP contribution is -2.55. The van der Waals surface area contributed by atoms with Crippen molar-refractivity contribution in [3.8, 4) is 11.5 Å². The van der Waals surface area contributed by atoms with Crippen molar-refractivity contribution in [2.24, 2.45) is 0 Å². The number of sulfonamides is 1. The Hall–Kier alpha value is -4.35. The molecule has 5 rings (SSSR count). The van der Waals surface area contributed by atoms with Crippen LogP contribution in [0.25, 0.3) is 0 Å². The molecule has 4 aromatic carbocycles. The number of hydrogen-bond donors (Lipinski definition) is 1. The molecule has 0 unspecified atom stereocenters. The van der Waals surface area contributed by atoms with Gasteiger partial charge in [0.2, 0.25) is 11.8 Å². The predicted molar refractivity (Wildman–Crippen MR) is 204 cm³/mol. The first-order chi connectivity index (χ1) is 24.5. The summed E-state index contributed by atoms with van der Waals surface area (Å²) >= 11 is 3.49. The van der Waals surface area contributed by atoms with Gasteiger partial charge in [-0.15, -0.1) is 0 Å². The van der Waals surface area contributed by atoms with Crippen LogP contribution < -0.4 is 19.1 Å². The molecule has 1 fully saturated rings. The van der Waals surface area contributed by atoms with Crippen molar-refractivity contribution in [3.63, 3.8) is 0 Å². The third-order valence-corrected chi connectivity index (χ3v) is 11.5. The summed E-state index contributed by atoms with van der Waals surface area (Å²) in [5.41, 5.74) is 3.70. The van der Waals surface area contributed by atoms with Gasteiger partial charge in [0.1, 0.15) is 12.6 Å². The van der Waals surface area contributed by atoms with Gasteiger partial charge in [-0.25, -0.2) is 8.42 Å². The topological polar surface area (TPSA) is 105 Å².